The molecule has 0 heterocycles. The lowest BCUT2D eigenvalue weighted by molar-refractivity contribution is 0.103. The van der Waals surface area contributed by atoms with Gasteiger partial charge in [0.2, 0.25) is 0 Å². The van der Waals surface area contributed by atoms with Crippen LogP contribution in [0.25, 0.3) is 0 Å². The van der Waals surface area contributed by atoms with E-state index in [0.29, 0.717) is 4.47 Å². The molecule has 0 atom stereocenters. The fourth-order valence-corrected chi connectivity index (χ4v) is 2.48. The molecule has 0 unspecified atom stereocenters. The van der Waals surface area contributed by atoms with Gasteiger partial charge in [0.15, 0.2) is 5.78 Å². The first-order chi connectivity index (χ1) is 8.90. The minimum absolute atomic E-state index is 0.247. The van der Waals surface area contributed by atoms with Gasteiger partial charge in [-0.15, -0.1) is 0 Å². The molecule has 98 valence electrons. The van der Waals surface area contributed by atoms with Gasteiger partial charge < -0.3 is 0 Å². The Hall–Kier alpha value is -1.55. The normalized spacial score (nSPS) is 10.6. The Morgan fingerprint density at radius 2 is 1.79 bits per heavy atom. The van der Waals surface area contributed by atoms with Crippen LogP contribution in [0.5, 0.6) is 0 Å². The third-order valence-corrected chi connectivity index (χ3v) is 3.27. The second-order valence-corrected chi connectivity index (χ2v) is 5.32. The van der Waals surface area contributed by atoms with Crippen LogP contribution in [0.3, 0.4) is 0 Å². The number of hydrogen-bond donors (Lipinski definition) is 0. The zero-order valence-electron chi connectivity index (χ0n) is 10.4. The summed E-state index contributed by atoms with van der Waals surface area (Å²) >= 11 is 3.27. The van der Waals surface area contributed by atoms with Crippen LogP contribution in [0.2, 0.25) is 0 Å². The first kappa shape index (κ1) is 13.9. The molecule has 0 aliphatic carbocycles. The van der Waals surface area contributed by atoms with Gasteiger partial charge in [0, 0.05) is 10.0 Å². The molecule has 2 aromatic rings. The number of carbonyl (C=O) groups excluding carboxylic acids is 1. The van der Waals surface area contributed by atoms with E-state index in [9.17, 15) is 13.6 Å². The summed E-state index contributed by atoms with van der Waals surface area (Å²) in [4.78, 5) is 12.2. The molecule has 0 saturated carbocycles. The molecule has 19 heavy (non-hydrogen) atoms. The molecule has 0 spiro atoms. The van der Waals surface area contributed by atoms with Crippen molar-refractivity contribution in [2.24, 2.45) is 0 Å². The molecule has 2 aromatic carbocycles. The van der Waals surface area contributed by atoms with Gasteiger partial charge in [-0.1, -0.05) is 22.0 Å². The number of ketones is 1. The lowest BCUT2D eigenvalue weighted by Crippen LogP contribution is -2.09. The molecule has 0 N–H and O–H groups in total. The number of hydrogen-bond acceptors (Lipinski definition) is 1. The van der Waals surface area contributed by atoms with Crippen molar-refractivity contribution in [3.63, 3.8) is 0 Å². The summed E-state index contributed by atoms with van der Waals surface area (Å²) in [7, 11) is 0. The van der Waals surface area contributed by atoms with Gasteiger partial charge in [-0.3, -0.25) is 4.79 Å². The molecule has 0 aliphatic rings. The largest absolute Gasteiger partial charge is 0.288 e. The van der Waals surface area contributed by atoms with Gasteiger partial charge >= 0.3 is 0 Å². The van der Waals surface area contributed by atoms with Gasteiger partial charge in [0.25, 0.3) is 0 Å². The van der Waals surface area contributed by atoms with Crippen LogP contribution in [-0.4, -0.2) is 5.78 Å². The average molecular weight is 325 g/mol. The highest BCUT2D eigenvalue weighted by atomic mass is 79.9. The maximum absolute atomic E-state index is 13.9. The summed E-state index contributed by atoms with van der Waals surface area (Å²) in [6.07, 6.45) is 0. The van der Waals surface area contributed by atoms with E-state index in [-0.39, 0.29) is 11.1 Å². The van der Waals surface area contributed by atoms with Crippen LogP contribution in [-0.2, 0) is 0 Å². The van der Waals surface area contributed by atoms with E-state index >= 15 is 0 Å². The number of aryl methyl sites for hydroxylation is 2. The van der Waals surface area contributed by atoms with Crippen molar-refractivity contribution in [3.05, 3.63) is 68.7 Å². The first-order valence-corrected chi connectivity index (χ1v) is 6.46. The van der Waals surface area contributed by atoms with Crippen molar-refractivity contribution in [2.45, 2.75) is 13.8 Å². The van der Waals surface area contributed by atoms with Crippen molar-refractivity contribution in [1.29, 1.82) is 0 Å². The molecule has 0 amide bonds. The Labute approximate surface area is 118 Å². The van der Waals surface area contributed by atoms with Crippen molar-refractivity contribution >= 4 is 21.7 Å². The van der Waals surface area contributed by atoms with Gasteiger partial charge in [0.05, 0.1) is 5.56 Å². The van der Waals surface area contributed by atoms with Gasteiger partial charge in [-0.25, -0.2) is 8.78 Å². The summed E-state index contributed by atoms with van der Waals surface area (Å²) in [6, 6.07) is 7.40. The van der Waals surface area contributed by atoms with E-state index in [1.165, 1.54) is 13.0 Å². The van der Waals surface area contributed by atoms with Crippen molar-refractivity contribution < 1.29 is 13.6 Å². The summed E-state index contributed by atoms with van der Waals surface area (Å²) in [5.74, 6) is -2.29. The first-order valence-electron chi connectivity index (χ1n) is 5.66. The lowest BCUT2D eigenvalue weighted by Gasteiger charge is -2.08. The third kappa shape index (κ3) is 2.73. The molecule has 0 aliphatic heterocycles. The highest BCUT2D eigenvalue weighted by Crippen LogP contribution is 2.23. The third-order valence-electron chi connectivity index (χ3n) is 2.82. The van der Waals surface area contributed by atoms with Crippen LogP contribution in [0, 0.1) is 25.5 Å². The van der Waals surface area contributed by atoms with Crippen LogP contribution in [0.4, 0.5) is 8.78 Å². The predicted molar refractivity (Wildman–Crippen MR) is 73.4 cm³/mol. The maximum Gasteiger partial charge on any atom is 0.198 e. The number of halogens is 3. The number of rotatable bonds is 2. The van der Waals surface area contributed by atoms with Crippen LogP contribution >= 0.6 is 15.9 Å². The summed E-state index contributed by atoms with van der Waals surface area (Å²) < 4.78 is 28.3. The average Bonchev–Trinajstić information content (AvgIpc) is 2.33. The van der Waals surface area contributed by atoms with Gasteiger partial charge in [0.1, 0.15) is 11.6 Å². The lowest BCUT2D eigenvalue weighted by atomic mass is 9.99. The van der Waals surface area contributed by atoms with E-state index in [2.05, 4.69) is 15.9 Å². The highest BCUT2D eigenvalue weighted by Gasteiger charge is 2.20. The molecule has 0 fully saturated rings. The molecule has 0 bridgehead atoms. The number of carbonyl (C=O) groups is 1. The predicted octanol–water partition coefficient (Wildman–Crippen LogP) is 4.58. The standard InChI is InChI=1S/C15H11BrF2O/c1-8-5-10(7-11(16)6-8)15(19)13-12(17)4-3-9(2)14(13)18/h3-7H,1-2H3. The second kappa shape index (κ2) is 5.21. The fourth-order valence-electron chi connectivity index (χ4n) is 1.88. The quantitative estimate of drug-likeness (QED) is 0.739. The fraction of sp³-hybridized carbons (Fsp3) is 0.133. The van der Waals surface area contributed by atoms with Crippen molar-refractivity contribution in [3.8, 4) is 0 Å². The molecule has 0 aromatic heterocycles. The molecule has 1 nitrogen and oxygen atoms in total. The summed E-state index contributed by atoms with van der Waals surface area (Å²) in [5, 5.41) is 0. The van der Waals surface area contributed by atoms with E-state index in [4.69, 9.17) is 0 Å². The molecule has 2 rings (SSSR count). The second-order valence-electron chi connectivity index (χ2n) is 4.40. The van der Waals surface area contributed by atoms with E-state index in [0.717, 1.165) is 11.6 Å². The highest BCUT2D eigenvalue weighted by molar-refractivity contribution is 9.10. The smallest absolute Gasteiger partial charge is 0.198 e. The van der Waals surface area contributed by atoms with Crippen molar-refractivity contribution in [1.82, 2.24) is 0 Å². The maximum atomic E-state index is 13.9. The molecule has 4 heteroatoms. The Kier molecular flexibility index (Phi) is 3.80. The summed E-state index contributed by atoms with van der Waals surface area (Å²) in [5.41, 5.74) is 0.843. The molecular formula is C15H11BrF2O. The number of benzene rings is 2. The SMILES string of the molecule is Cc1cc(Br)cc(C(=O)c2c(F)ccc(C)c2F)c1. The van der Waals surface area contributed by atoms with Gasteiger partial charge in [-0.05, 0) is 49.2 Å². The van der Waals surface area contributed by atoms with Crippen LogP contribution in [0.1, 0.15) is 27.0 Å². The summed E-state index contributed by atoms with van der Waals surface area (Å²) in [6.45, 7) is 3.31. The van der Waals surface area contributed by atoms with E-state index < -0.39 is 23.0 Å². The van der Waals surface area contributed by atoms with Gasteiger partial charge in [-0.2, -0.15) is 0 Å². The monoisotopic (exact) mass is 324 g/mol. The Morgan fingerprint density at radius 3 is 2.42 bits per heavy atom. The minimum atomic E-state index is -0.842. The molecular weight excluding hydrogens is 314 g/mol. The molecule has 0 saturated heterocycles. The topological polar surface area (TPSA) is 17.1 Å². The zero-order valence-corrected chi connectivity index (χ0v) is 12.0. The van der Waals surface area contributed by atoms with Crippen LogP contribution in [0.15, 0.2) is 34.8 Å². The molecule has 0 radical (unpaired) electrons. The van der Waals surface area contributed by atoms with E-state index in [1.807, 2.05) is 13.0 Å². The van der Waals surface area contributed by atoms with Crippen molar-refractivity contribution in [2.75, 3.05) is 0 Å². The van der Waals surface area contributed by atoms with Crippen LogP contribution < -0.4 is 0 Å². The minimum Gasteiger partial charge on any atom is -0.288 e. The Morgan fingerprint density at radius 1 is 1.11 bits per heavy atom. The zero-order chi connectivity index (χ0) is 14.2. The van der Waals surface area contributed by atoms with E-state index in [1.54, 1.807) is 12.1 Å². The Bertz CT molecular complexity index is 645. The Balaban J connectivity index is 2.59.